The van der Waals surface area contributed by atoms with E-state index in [4.69, 9.17) is 10.3 Å². The number of nitrogen functional groups attached to an aromatic ring is 1. The minimum absolute atomic E-state index is 0.356. The molecule has 0 aliphatic heterocycles. The van der Waals surface area contributed by atoms with Crippen molar-refractivity contribution < 1.29 is 8.81 Å². The highest BCUT2D eigenvalue weighted by Crippen LogP contribution is 2.24. The largest absolute Gasteiger partial charge is 0.425 e. The lowest BCUT2D eigenvalue weighted by Gasteiger charge is -2.02. The number of aryl methyl sites for hydroxylation is 1. The second-order valence-electron chi connectivity index (χ2n) is 4.19. The van der Waals surface area contributed by atoms with Crippen LogP contribution in [0.4, 0.5) is 4.39 Å². The van der Waals surface area contributed by atoms with Crippen molar-refractivity contribution in [1.82, 2.24) is 25.1 Å². The SMILES string of the molecule is Cc1nnc(CSc2nnc(-c3cccc(F)c3)n2N)o1. The Morgan fingerprint density at radius 2 is 2.14 bits per heavy atom. The Hall–Kier alpha value is -2.42. The van der Waals surface area contributed by atoms with E-state index < -0.39 is 0 Å². The van der Waals surface area contributed by atoms with Gasteiger partial charge in [-0.3, -0.25) is 0 Å². The lowest BCUT2D eigenvalue weighted by atomic mass is 10.2. The maximum atomic E-state index is 13.2. The zero-order valence-corrected chi connectivity index (χ0v) is 11.8. The first-order valence-electron chi connectivity index (χ1n) is 6.01. The summed E-state index contributed by atoms with van der Waals surface area (Å²) >= 11 is 1.31. The lowest BCUT2D eigenvalue weighted by Crippen LogP contribution is -2.11. The van der Waals surface area contributed by atoms with Crippen LogP contribution in [-0.2, 0) is 5.75 Å². The van der Waals surface area contributed by atoms with Gasteiger partial charge in [0.2, 0.25) is 16.9 Å². The topological polar surface area (TPSA) is 95.7 Å². The second kappa shape index (κ2) is 5.52. The molecular weight excluding hydrogens is 295 g/mol. The molecule has 2 heterocycles. The molecule has 108 valence electrons. The minimum Gasteiger partial charge on any atom is -0.425 e. The van der Waals surface area contributed by atoms with Crippen molar-refractivity contribution in [3.8, 4) is 11.4 Å². The summed E-state index contributed by atoms with van der Waals surface area (Å²) in [6, 6.07) is 6.01. The molecule has 3 rings (SSSR count). The van der Waals surface area contributed by atoms with Gasteiger partial charge in [-0.25, -0.2) is 9.07 Å². The summed E-state index contributed by atoms with van der Waals surface area (Å²) in [5, 5.41) is 16.1. The van der Waals surface area contributed by atoms with Gasteiger partial charge in [-0.15, -0.1) is 20.4 Å². The number of benzene rings is 1. The first-order valence-corrected chi connectivity index (χ1v) is 7.00. The number of aromatic nitrogens is 5. The molecule has 0 radical (unpaired) electrons. The van der Waals surface area contributed by atoms with E-state index >= 15 is 0 Å². The molecule has 2 aromatic heterocycles. The Bertz CT molecular complexity index is 771. The quantitative estimate of drug-likeness (QED) is 0.579. The fourth-order valence-corrected chi connectivity index (χ4v) is 2.42. The summed E-state index contributed by atoms with van der Waals surface area (Å²) in [6.07, 6.45) is 0. The van der Waals surface area contributed by atoms with Gasteiger partial charge in [0, 0.05) is 12.5 Å². The van der Waals surface area contributed by atoms with Crippen molar-refractivity contribution in [1.29, 1.82) is 0 Å². The van der Waals surface area contributed by atoms with Crippen molar-refractivity contribution in [2.75, 3.05) is 5.84 Å². The molecule has 0 amide bonds. The van der Waals surface area contributed by atoms with Gasteiger partial charge in [-0.2, -0.15) is 0 Å². The van der Waals surface area contributed by atoms with Gasteiger partial charge < -0.3 is 10.3 Å². The van der Waals surface area contributed by atoms with Crippen molar-refractivity contribution in [3.63, 3.8) is 0 Å². The number of nitrogens with zero attached hydrogens (tertiary/aromatic N) is 5. The van der Waals surface area contributed by atoms with Crippen LogP contribution >= 0.6 is 11.8 Å². The number of halogens is 1. The molecule has 0 saturated carbocycles. The van der Waals surface area contributed by atoms with Crippen molar-refractivity contribution in [2.24, 2.45) is 0 Å². The van der Waals surface area contributed by atoms with E-state index in [0.29, 0.717) is 34.1 Å². The molecule has 0 aliphatic rings. The minimum atomic E-state index is -0.356. The predicted octanol–water partition coefficient (Wildman–Crippen LogP) is 1.78. The van der Waals surface area contributed by atoms with Crippen LogP contribution in [0.1, 0.15) is 11.8 Å². The lowest BCUT2D eigenvalue weighted by molar-refractivity contribution is 0.485. The first-order chi connectivity index (χ1) is 10.1. The van der Waals surface area contributed by atoms with Crippen LogP contribution in [-0.4, -0.2) is 25.1 Å². The van der Waals surface area contributed by atoms with Crippen molar-refractivity contribution >= 4 is 11.8 Å². The van der Waals surface area contributed by atoms with E-state index in [2.05, 4.69) is 20.4 Å². The number of thioether (sulfide) groups is 1. The molecule has 0 fully saturated rings. The standard InChI is InChI=1S/C12H11FN6OS/c1-7-15-16-10(20-7)6-21-12-18-17-11(19(12)14)8-3-2-4-9(13)5-8/h2-5H,6,14H2,1H3. The average Bonchev–Trinajstić information content (AvgIpc) is 3.03. The zero-order chi connectivity index (χ0) is 14.8. The number of nitrogens with two attached hydrogens (primary N) is 1. The Morgan fingerprint density at radius 3 is 2.86 bits per heavy atom. The van der Waals surface area contributed by atoms with Gasteiger partial charge >= 0.3 is 0 Å². The van der Waals surface area contributed by atoms with E-state index in [1.807, 2.05) is 0 Å². The zero-order valence-electron chi connectivity index (χ0n) is 11.0. The molecule has 0 saturated heterocycles. The highest BCUT2D eigenvalue weighted by molar-refractivity contribution is 7.98. The van der Waals surface area contributed by atoms with Gasteiger partial charge in [0.1, 0.15) is 5.82 Å². The highest BCUT2D eigenvalue weighted by Gasteiger charge is 2.14. The van der Waals surface area contributed by atoms with Crippen molar-refractivity contribution in [3.05, 3.63) is 41.9 Å². The summed E-state index contributed by atoms with van der Waals surface area (Å²) in [6.45, 7) is 1.72. The number of hydrogen-bond acceptors (Lipinski definition) is 7. The fraction of sp³-hybridized carbons (Fsp3) is 0.167. The van der Waals surface area contributed by atoms with Gasteiger partial charge in [0.15, 0.2) is 5.82 Å². The van der Waals surface area contributed by atoms with Gasteiger partial charge in [-0.1, -0.05) is 23.9 Å². The third-order valence-electron chi connectivity index (χ3n) is 2.64. The fourth-order valence-electron chi connectivity index (χ4n) is 1.72. The Kier molecular flexibility index (Phi) is 3.57. The number of hydrogen-bond donors (Lipinski definition) is 1. The van der Waals surface area contributed by atoms with Crippen LogP contribution in [0.2, 0.25) is 0 Å². The smallest absolute Gasteiger partial charge is 0.226 e. The normalized spacial score (nSPS) is 11.0. The second-order valence-corrected chi connectivity index (χ2v) is 5.13. The highest BCUT2D eigenvalue weighted by atomic mass is 32.2. The maximum Gasteiger partial charge on any atom is 0.226 e. The van der Waals surface area contributed by atoms with Crippen LogP contribution < -0.4 is 5.84 Å². The Labute approximate surface area is 123 Å². The van der Waals surface area contributed by atoms with E-state index in [0.717, 1.165) is 0 Å². The molecular formula is C12H11FN6OS. The van der Waals surface area contributed by atoms with Crippen LogP contribution in [0.25, 0.3) is 11.4 Å². The van der Waals surface area contributed by atoms with Gasteiger partial charge in [-0.05, 0) is 12.1 Å². The number of rotatable bonds is 4. The van der Waals surface area contributed by atoms with Crippen LogP contribution in [0.15, 0.2) is 33.8 Å². The summed E-state index contributed by atoms with van der Waals surface area (Å²) in [5.41, 5.74) is 0.561. The van der Waals surface area contributed by atoms with Crippen LogP contribution in [0.5, 0.6) is 0 Å². The molecule has 7 nitrogen and oxygen atoms in total. The summed E-state index contributed by atoms with van der Waals surface area (Å²) in [4.78, 5) is 0. The molecule has 0 aliphatic carbocycles. The Balaban J connectivity index is 1.79. The monoisotopic (exact) mass is 306 g/mol. The molecule has 0 spiro atoms. The van der Waals surface area contributed by atoms with E-state index in [1.54, 1.807) is 19.1 Å². The summed E-state index contributed by atoms with van der Waals surface area (Å²) in [5.74, 6) is 7.38. The predicted molar refractivity (Wildman–Crippen MR) is 74.2 cm³/mol. The molecule has 0 bridgehead atoms. The van der Waals surface area contributed by atoms with Crippen LogP contribution in [0.3, 0.4) is 0 Å². The molecule has 21 heavy (non-hydrogen) atoms. The van der Waals surface area contributed by atoms with E-state index in [9.17, 15) is 4.39 Å². The molecule has 0 unspecified atom stereocenters. The average molecular weight is 306 g/mol. The molecule has 0 atom stereocenters. The van der Waals surface area contributed by atoms with Gasteiger partial charge in [0.25, 0.3) is 0 Å². The molecule has 1 aromatic carbocycles. The maximum absolute atomic E-state index is 13.2. The molecule has 2 N–H and O–H groups in total. The Morgan fingerprint density at radius 1 is 1.29 bits per heavy atom. The summed E-state index contributed by atoms with van der Waals surface area (Å²) in [7, 11) is 0. The third-order valence-corrected chi connectivity index (χ3v) is 3.57. The molecule has 3 aromatic rings. The molecule has 9 heteroatoms. The summed E-state index contributed by atoms with van der Waals surface area (Å²) < 4.78 is 19.8. The first kappa shape index (κ1) is 13.6. The van der Waals surface area contributed by atoms with Crippen LogP contribution in [0, 0.1) is 12.7 Å². The van der Waals surface area contributed by atoms with E-state index in [-0.39, 0.29) is 5.82 Å². The van der Waals surface area contributed by atoms with E-state index in [1.165, 1.54) is 28.6 Å². The van der Waals surface area contributed by atoms with Gasteiger partial charge in [0.05, 0.1) is 5.75 Å². The van der Waals surface area contributed by atoms with Crippen molar-refractivity contribution in [2.45, 2.75) is 17.8 Å². The third kappa shape index (κ3) is 2.87.